The van der Waals surface area contributed by atoms with E-state index >= 15 is 0 Å². The highest BCUT2D eigenvalue weighted by Gasteiger charge is 2.27. The second-order valence-corrected chi connectivity index (χ2v) is 4.78. The van der Waals surface area contributed by atoms with Gasteiger partial charge in [-0.1, -0.05) is 0 Å². The Kier molecular flexibility index (Phi) is 3.24. The first-order valence-electron chi connectivity index (χ1n) is 6.45. The Bertz CT molecular complexity index is 582. The van der Waals surface area contributed by atoms with E-state index in [0.29, 0.717) is 26.1 Å². The van der Waals surface area contributed by atoms with Gasteiger partial charge in [0.25, 0.3) is 5.56 Å². The molecule has 2 saturated heterocycles. The third-order valence-corrected chi connectivity index (χ3v) is 3.51. The summed E-state index contributed by atoms with van der Waals surface area (Å²) in [6.45, 7) is 1.02. The molecule has 2 aliphatic rings. The van der Waals surface area contributed by atoms with Crippen LogP contribution in [0, 0.1) is 5.82 Å². The lowest BCUT2D eigenvalue weighted by atomic mass is 10.3. The predicted octanol–water partition coefficient (Wildman–Crippen LogP) is 0.767. The van der Waals surface area contributed by atoms with Crippen molar-refractivity contribution in [3.05, 3.63) is 32.9 Å². The number of hydrogen-bond acceptors (Lipinski definition) is 4. The molecule has 1 aromatic heterocycles. The molecule has 7 heteroatoms. The van der Waals surface area contributed by atoms with Crippen LogP contribution in [-0.4, -0.2) is 22.3 Å². The lowest BCUT2D eigenvalue weighted by Gasteiger charge is -2.18. The molecule has 104 valence electrons. The van der Waals surface area contributed by atoms with Gasteiger partial charge in [-0.2, -0.15) is 4.39 Å². The minimum atomic E-state index is -0.953. The van der Waals surface area contributed by atoms with Gasteiger partial charge in [0, 0.05) is 13.2 Å². The van der Waals surface area contributed by atoms with Crippen LogP contribution in [0.4, 0.5) is 4.39 Å². The molecular formula is C12H15FN2O4. The van der Waals surface area contributed by atoms with Gasteiger partial charge in [0.15, 0.2) is 0 Å². The molecule has 0 spiro atoms. The smallest absolute Gasteiger partial charge is 0.335 e. The van der Waals surface area contributed by atoms with E-state index in [0.717, 1.165) is 28.2 Å². The van der Waals surface area contributed by atoms with E-state index in [9.17, 15) is 14.0 Å². The highest BCUT2D eigenvalue weighted by Crippen LogP contribution is 2.23. The largest absolute Gasteiger partial charge is 0.358 e. The summed E-state index contributed by atoms with van der Waals surface area (Å²) in [5.74, 6) is -0.953. The summed E-state index contributed by atoms with van der Waals surface area (Å²) < 4.78 is 26.4. The van der Waals surface area contributed by atoms with Crippen LogP contribution in [0.15, 0.2) is 15.8 Å². The first kappa shape index (κ1) is 12.6. The van der Waals surface area contributed by atoms with Crippen molar-refractivity contribution in [2.75, 3.05) is 13.2 Å². The minimum absolute atomic E-state index is 0.479. The summed E-state index contributed by atoms with van der Waals surface area (Å²) in [7, 11) is 0. The number of aromatic nitrogens is 2. The zero-order valence-corrected chi connectivity index (χ0v) is 10.4. The maximum atomic E-state index is 13.7. The number of nitrogens with zero attached hydrogens (tertiary/aromatic N) is 2. The minimum Gasteiger partial charge on any atom is -0.358 e. The highest BCUT2D eigenvalue weighted by molar-refractivity contribution is 4.93. The van der Waals surface area contributed by atoms with Crippen LogP contribution in [0.5, 0.6) is 0 Å². The Hall–Kier alpha value is -1.47. The Morgan fingerprint density at radius 3 is 2.32 bits per heavy atom. The van der Waals surface area contributed by atoms with E-state index in [1.807, 2.05) is 0 Å². The number of ether oxygens (including phenoxy) is 2. The molecule has 2 aliphatic heterocycles. The zero-order valence-electron chi connectivity index (χ0n) is 10.4. The molecule has 0 bridgehead atoms. The lowest BCUT2D eigenvalue weighted by molar-refractivity contribution is 0.0301. The van der Waals surface area contributed by atoms with Crippen LogP contribution in [0.25, 0.3) is 0 Å². The number of halogens is 1. The molecule has 0 unspecified atom stereocenters. The van der Waals surface area contributed by atoms with Gasteiger partial charge in [-0.05, 0) is 25.7 Å². The summed E-state index contributed by atoms with van der Waals surface area (Å²) in [6, 6.07) is 0. The number of hydrogen-bond donors (Lipinski definition) is 0. The molecule has 2 atom stereocenters. The van der Waals surface area contributed by atoms with Gasteiger partial charge in [0.2, 0.25) is 5.82 Å². The topological polar surface area (TPSA) is 62.5 Å². The van der Waals surface area contributed by atoms with Crippen LogP contribution in [0.3, 0.4) is 0 Å². The summed E-state index contributed by atoms with van der Waals surface area (Å²) in [5, 5.41) is 0. The molecule has 0 N–H and O–H groups in total. The Morgan fingerprint density at radius 2 is 1.74 bits per heavy atom. The van der Waals surface area contributed by atoms with E-state index in [1.165, 1.54) is 0 Å². The van der Waals surface area contributed by atoms with Crippen molar-refractivity contribution >= 4 is 0 Å². The third-order valence-electron chi connectivity index (χ3n) is 3.51. The van der Waals surface area contributed by atoms with Crippen molar-refractivity contribution in [1.82, 2.24) is 9.13 Å². The second kappa shape index (κ2) is 4.90. The van der Waals surface area contributed by atoms with Gasteiger partial charge in [0.1, 0.15) is 12.5 Å². The van der Waals surface area contributed by atoms with Gasteiger partial charge in [-0.25, -0.2) is 9.36 Å². The van der Waals surface area contributed by atoms with Crippen molar-refractivity contribution in [1.29, 1.82) is 0 Å². The SMILES string of the molecule is O=c1c(F)cn([C@@H]2CCCO2)c(=O)n1[C@H]1CCCO1. The first-order chi connectivity index (χ1) is 9.18. The molecule has 0 radical (unpaired) electrons. The fourth-order valence-electron chi connectivity index (χ4n) is 2.56. The Labute approximate surface area is 108 Å². The molecule has 0 amide bonds. The first-order valence-corrected chi connectivity index (χ1v) is 6.45. The molecule has 1 aromatic rings. The maximum Gasteiger partial charge on any atom is 0.335 e. The molecule has 0 aromatic carbocycles. The zero-order chi connectivity index (χ0) is 13.4. The van der Waals surface area contributed by atoms with Crippen molar-refractivity contribution < 1.29 is 13.9 Å². The van der Waals surface area contributed by atoms with Crippen molar-refractivity contribution in [2.45, 2.75) is 38.1 Å². The molecule has 0 aliphatic carbocycles. The molecule has 19 heavy (non-hydrogen) atoms. The van der Waals surface area contributed by atoms with Gasteiger partial charge in [0.05, 0.1) is 6.20 Å². The van der Waals surface area contributed by atoms with E-state index < -0.39 is 29.5 Å². The van der Waals surface area contributed by atoms with E-state index in [4.69, 9.17) is 9.47 Å². The normalized spacial score (nSPS) is 27.0. The monoisotopic (exact) mass is 270 g/mol. The predicted molar refractivity (Wildman–Crippen MR) is 63.4 cm³/mol. The average molecular weight is 270 g/mol. The van der Waals surface area contributed by atoms with Crippen LogP contribution in [-0.2, 0) is 9.47 Å². The maximum absolute atomic E-state index is 13.7. The van der Waals surface area contributed by atoms with Crippen LogP contribution in [0.2, 0.25) is 0 Å². The van der Waals surface area contributed by atoms with Crippen molar-refractivity contribution in [2.24, 2.45) is 0 Å². The van der Waals surface area contributed by atoms with Gasteiger partial charge in [-0.15, -0.1) is 0 Å². The van der Waals surface area contributed by atoms with Gasteiger partial charge in [-0.3, -0.25) is 9.36 Å². The Balaban J connectivity index is 2.11. The standard InChI is InChI=1S/C12H15FN2O4/c13-8-7-14(9-3-1-5-18-9)12(17)15(11(8)16)10-4-2-6-19-10/h7,9-10H,1-6H2/t9-,10+/m0/s1. The van der Waals surface area contributed by atoms with E-state index in [-0.39, 0.29) is 0 Å². The van der Waals surface area contributed by atoms with Crippen molar-refractivity contribution in [3.63, 3.8) is 0 Å². The Morgan fingerprint density at radius 1 is 1.11 bits per heavy atom. The molecule has 2 fully saturated rings. The quantitative estimate of drug-likeness (QED) is 0.796. The summed E-state index contributed by atoms with van der Waals surface area (Å²) in [5.41, 5.74) is -1.49. The van der Waals surface area contributed by atoms with Crippen LogP contribution in [0.1, 0.15) is 38.1 Å². The third kappa shape index (κ3) is 2.12. The highest BCUT2D eigenvalue weighted by atomic mass is 19.1. The summed E-state index contributed by atoms with van der Waals surface area (Å²) in [4.78, 5) is 24.1. The van der Waals surface area contributed by atoms with E-state index in [1.54, 1.807) is 0 Å². The molecule has 3 heterocycles. The molecular weight excluding hydrogens is 255 g/mol. The van der Waals surface area contributed by atoms with E-state index in [2.05, 4.69) is 0 Å². The average Bonchev–Trinajstić information content (AvgIpc) is 3.06. The fourth-order valence-corrected chi connectivity index (χ4v) is 2.56. The molecule has 6 nitrogen and oxygen atoms in total. The lowest BCUT2D eigenvalue weighted by Crippen LogP contribution is -2.44. The second-order valence-electron chi connectivity index (χ2n) is 4.78. The summed E-state index contributed by atoms with van der Waals surface area (Å²) in [6.07, 6.45) is 2.54. The van der Waals surface area contributed by atoms with Gasteiger partial charge >= 0.3 is 5.69 Å². The van der Waals surface area contributed by atoms with Gasteiger partial charge < -0.3 is 9.47 Å². The van der Waals surface area contributed by atoms with Crippen LogP contribution < -0.4 is 11.2 Å². The molecule has 3 rings (SSSR count). The van der Waals surface area contributed by atoms with Crippen LogP contribution >= 0.6 is 0 Å². The fraction of sp³-hybridized carbons (Fsp3) is 0.667. The van der Waals surface area contributed by atoms with Crippen molar-refractivity contribution in [3.8, 4) is 0 Å². The number of rotatable bonds is 2. The molecule has 0 saturated carbocycles. The summed E-state index contributed by atoms with van der Waals surface area (Å²) >= 11 is 0.